The lowest BCUT2D eigenvalue weighted by atomic mass is 9.86. The van der Waals surface area contributed by atoms with Crippen molar-refractivity contribution < 1.29 is 19.8 Å². The van der Waals surface area contributed by atoms with Crippen molar-refractivity contribution >= 4 is 29.2 Å². The Morgan fingerprint density at radius 2 is 1.71 bits per heavy atom. The normalized spacial score (nSPS) is 15.8. The number of anilines is 1. The van der Waals surface area contributed by atoms with Gasteiger partial charge in [-0.25, -0.2) is 0 Å². The number of carboxylic acids is 2. The fourth-order valence-electron chi connectivity index (χ4n) is 4.71. The van der Waals surface area contributed by atoms with Crippen LogP contribution in [0.4, 0.5) is 5.69 Å². The average Bonchev–Trinajstić information content (AvgIpc) is 3.10. The first-order valence-corrected chi connectivity index (χ1v) is 12.9. The number of halogens is 1. The molecule has 0 amide bonds. The molecule has 190 valence electrons. The number of aromatic nitrogens is 1. The van der Waals surface area contributed by atoms with Crippen molar-refractivity contribution in [3.63, 3.8) is 0 Å². The van der Waals surface area contributed by atoms with E-state index in [9.17, 15) is 9.59 Å². The van der Waals surface area contributed by atoms with Crippen molar-refractivity contribution in [2.75, 3.05) is 18.4 Å². The molecule has 35 heavy (non-hydrogen) atoms. The van der Waals surface area contributed by atoms with Crippen molar-refractivity contribution in [2.45, 2.75) is 70.8 Å². The number of benzene rings is 1. The number of hydrogen-bond acceptors (Lipinski definition) is 5. The molecule has 1 aromatic heterocycles. The van der Waals surface area contributed by atoms with Crippen LogP contribution in [0.15, 0.2) is 30.5 Å². The molecule has 1 aromatic carbocycles. The molecule has 1 saturated carbocycles. The van der Waals surface area contributed by atoms with Crippen LogP contribution in [0.25, 0.3) is 0 Å². The van der Waals surface area contributed by atoms with Crippen molar-refractivity contribution in [1.29, 1.82) is 0 Å². The maximum atomic E-state index is 9.64. The summed E-state index contributed by atoms with van der Waals surface area (Å²) in [6.07, 6.45) is 11.6. The predicted molar refractivity (Wildman–Crippen MR) is 138 cm³/mol. The van der Waals surface area contributed by atoms with Gasteiger partial charge in [-0.3, -0.25) is 14.6 Å². The standard InChI is InChI=1S/C23H30ClN3.C4H6O4/c24-22-9-7-19-10-12-25-13-11-21(19)23(22)27-16-18-6-8-20(26-15-18)14-17-4-2-1-3-5-17;5-3(6)1-2-4(7)8/h6-9,15,17,25,27H,1-5,10-14,16H2;1-2H2,(H,5,6)(H,7,8). The Bertz CT molecular complexity index is 961. The SMILES string of the molecule is Clc1ccc2c(c1NCc1ccc(CC3CCCCC3)nc1)CCNCC2.O=C(O)CCC(=O)O. The molecule has 4 rings (SSSR count). The van der Waals surface area contributed by atoms with Crippen LogP contribution in [0, 0.1) is 5.92 Å². The molecule has 0 radical (unpaired) electrons. The molecule has 2 aromatic rings. The van der Waals surface area contributed by atoms with E-state index in [0.717, 1.165) is 55.5 Å². The van der Waals surface area contributed by atoms with E-state index in [0.29, 0.717) is 0 Å². The van der Waals surface area contributed by atoms with Gasteiger partial charge >= 0.3 is 11.9 Å². The van der Waals surface area contributed by atoms with Gasteiger partial charge in [-0.05, 0) is 67.1 Å². The number of aliphatic carboxylic acids is 2. The first-order valence-electron chi connectivity index (χ1n) is 12.5. The van der Waals surface area contributed by atoms with E-state index in [4.69, 9.17) is 26.8 Å². The van der Waals surface area contributed by atoms with Gasteiger partial charge in [-0.1, -0.05) is 55.8 Å². The first kappa shape index (κ1) is 27.0. The molecule has 0 atom stereocenters. The maximum Gasteiger partial charge on any atom is 0.303 e. The molecule has 2 aliphatic rings. The van der Waals surface area contributed by atoms with Gasteiger partial charge < -0.3 is 20.8 Å². The number of fused-ring (bicyclic) bond motifs is 1. The molecule has 1 aliphatic heterocycles. The summed E-state index contributed by atoms with van der Waals surface area (Å²) < 4.78 is 0. The van der Waals surface area contributed by atoms with Gasteiger partial charge in [0.1, 0.15) is 0 Å². The second-order valence-electron chi connectivity index (χ2n) is 9.32. The minimum atomic E-state index is -1.08. The van der Waals surface area contributed by atoms with Crippen LogP contribution in [0.5, 0.6) is 0 Å². The third-order valence-corrected chi connectivity index (χ3v) is 6.93. The number of hydrogen-bond donors (Lipinski definition) is 4. The summed E-state index contributed by atoms with van der Waals surface area (Å²) in [6, 6.07) is 8.63. The third-order valence-electron chi connectivity index (χ3n) is 6.61. The minimum absolute atomic E-state index is 0.296. The van der Waals surface area contributed by atoms with Gasteiger partial charge in [0.15, 0.2) is 0 Å². The van der Waals surface area contributed by atoms with Crippen LogP contribution in [-0.2, 0) is 35.4 Å². The molecule has 2 heterocycles. The van der Waals surface area contributed by atoms with E-state index >= 15 is 0 Å². The Hall–Kier alpha value is -2.64. The Balaban J connectivity index is 0.000000371. The van der Waals surface area contributed by atoms with E-state index in [1.54, 1.807) is 0 Å². The van der Waals surface area contributed by atoms with Crippen molar-refractivity contribution in [1.82, 2.24) is 10.3 Å². The Morgan fingerprint density at radius 3 is 2.37 bits per heavy atom. The summed E-state index contributed by atoms with van der Waals surface area (Å²) in [7, 11) is 0. The first-order chi connectivity index (χ1) is 16.9. The predicted octanol–water partition coefficient (Wildman–Crippen LogP) is 5.09. The third kappa shape index (κ3) is 9.15. The summed E-state index contributed by atoms with van der Waals surface area (Å²) in [5.74, 6) is -1.32. The van der Waals surface area contributed by atoms with Gasteiger partial charge in [0.05, 0.1) is 23.6 Å². The maximum absolute atomic E-state index is 9.64. The molecule has 0 saturated heterocycles. The second-order valence-corrected chi connectivity index (χ2v) is 9.72. The van der Waals surface area contributed by atoms with Crippen molar-refractivity contribution in [3.05, 3.63) is 57.9 Å². The highest BCUT2D eigenvalue weighted by atomic mass is 35.5. The fraction of sp³-hybridized carbons (Fsp3) is 0.519. The van der Waals surface area contributed by atoms with Crippen LogP contribution in [0.2, 0.25) is 5.02 Å². The molecule has 8 heteroatoms. The molecule has 4 N–H and O–H groups in total. The fourth-order valence-corrected chi connectivity index (χ4v) is 4.95. The van der Waals surface area contributed by atoms with E-state index < -0.39 is 11.9 Å². The summed E-state index contributed by atoms with van der Waals surface area (Å²) in [5.41, 5.74) is 6.33. The Kier molecular flexibility index (Phi) is 10.8. The summed E-state index contributed by atoms with van der Waals surface area (Å²) >= 11 is 6.52. The highest BCUT2D eigenvalue weighted by Gasteiger charge is 2.16. The lowest BCUT2D eigenvalue weighted by Crippen LogP contribution is -2.16. The van der Waals surface area contributed by atoms with Crippen molar-refractivity contribution in [2.24, 2.45) is 5.92 Å². The van der Waals surface area contributed by atoms with Gasteiger partial charge in [-0.15, -0.1) is 0 Å². The lowest BCUT2D eigenvalue weighted by molar-refractivity contribution is -0.143. The Morgan fingerprint density at radius 1 is 1.00 bits per heavy atom. The monoisotopic (exact) mass is 501 g/mol. The Labute approximate surface area is 212 Å². The number of carbonyl (C=O) groups is 2. The molecular formula is C27H36ClN3O4. The van der Waals surface area contributed by atoms with Crippen LogP contribution >= 0.6 is 11.6 Å². The van der Waals surface area contributed by atoms with Crippen LogP contribution < -0.4 is 10.6 Å². The van der Waals surface area contributed by atoms with Gasteiger partial charge in [0.25, 0.3) is 0 Å². The van der Waals surface area contributed by atoms with Crippen LogP contribution in [0.3, 0.4) is 0 Å². The minimum Gasteiger partial charge on any atom is -0.481 e. The largest absolute Gasteiger partial charge is 0.481 e. The summed E-state index contributed by atoms with van der Waals surface area (Å²) in [5, 5.41) is 23.7. The average molecular weight is 502 g/mol. The zero-order valence-corrected chi connectivity index (χ0v) is 20.9. The van der Waals surface area contributed by atoms with Gasteiger partial charge in [0.2, 0.25) is 0 Å². The number of nitrogens with zero attached hydrogens (tertiary/aromatic N) is 1. The summed E-state index contributed by atoms with van der Waals surface area (Å²) in [4.78, 5) is 24.0. The number of carboxylic acid groups (broad SMARTS) is 2. The van der Waals surface area contributed by atoms with Gasteiger partial charge in [0, 0.05) is 18.4 Å². The highest BCUT2D eigenvalue weighted by Crippen LogP contribution is 2.31. The molecule has 0 spiro atoms. The summed E-state index contributed by atoms with van der Waals surface area (Å²) in [6.45, 7) is 2.82. The molecule has 0 unspecified atom stereocenters. The lowest BCUT2D eigenvalue weighted by Gasteiger charge is -2.21. The molecule has 1 aliphatic carbocycles. The van der Waals surface area contributed by atoms with Crippen molar-refractivity contribution in [3.8, 4) is 0 Å². The van der Waals surface area contributed by atoms with E-state index in [2.05, 4.69) is 28.8 Å². The van der Waals surface area contributed by atoms with Crippen LogP contribution in [0.1, 0.15) is 67.3 Å². The zero-order chi connectivity index (χ0) is 25.0. The quantitative estimate of drug-likeness (QED) is 0.398. The topological polar surface area (TPSA) is 112 Å². The molecule has 7 nitrogen and oxygen atoms in total. The van der Waals surface area contributed by atoms with Crippen LogP contribution in [-0.4, -0.2) is 40.2 Å². The zero-order valence-electron chi connectivity index (χ0n) is 20.2. The van der Waals surface area contributed by atoms with Gasteiger partial charge in [-0.2, -0.15) is 0 Å². The van der Waals surface area contributed by atoms with E-state index in [1.165, 1.54) is 54.5 Å². The second kappa shape index (κ2) is 14.0. The molecule has 0 bridgehead atoms. The smallest absolute Gasteiger partial charge is 0.303 e. The highest BCUT2D eigenvalue weighted by molar-refractivity contribution is 6.33. The number of nitrogens with one attached hydrogen (secondary N) is 2. The number of rotatable bonds is 8. The molecule has 1 fully saturated rings. The van der Waals surface area contributed by atoms with E-state index in [1.807, 2.05) is 12.3 Å². The van der Waals surface area contributed by atoms with E-state index in [-0.39, 0.29) is 12.8 Å². The molecular weight excluding hydrogens is 466 g/mol. The number of pyridine rings is 1.